The monoisotopic (exact) mass is 336 g/mol. The van der Waals surface area contributed by atoms with Crippen molar-refractivity contribution in [3.63, 3.8) is 0 Å². The summed E-state index contributed by atoms with van der Waals surface area (Å²) in [5.41, 5.74) is 2.93. The summed E-state index contributed by atoms with van der Waals surface area (Å²) in [6.07, 6.45) is 11.2. The molecule has 0 bridgehead atoms. The van der Waals surface area contributed by atoms with Crippen LogP contribution >= 0.6 is 15.9 Å². The fourth-order valence-electron chi connectivity index (χ4n) is 3.29. The first-order valence-electron chi connectivity index (χ1n) is 8.44. The van der Waals surface area contributed by atoms with Crippen LogP contribution < -0.4 is 0 Å². The van der Waals surface area contributed by atoms with E-state index in [9.17, 15) is 0 Å². The van der Waals surface area contributed by atoms with Crippen molar-refractivity contribution < 1.29 is 0 Å². The number of halogens is 1. The Balaban J connectivity index is 1.83. The zero-order chi connectivity index (χ0) is 14.4. The summed E-state index contributed by atoms with van der Waals surface area (Å²) in [5.74, 6) is 1.67. The van der Waals surface area contributed by atoms with E-state index < -0.39 is 0 Å². The quantitative estimate of drug-likeness (QED) is 0.490. The number of benzene rings is 1. The summed E-state index contributed by atoms with van der Waals surface area (Å²) in [6, 6.07) is 9.28. The molecule has 1 aromatic carbocycles. The molecule has 0 aliphatic heterocycles. The third kappa shape index (κ3) is 4.62. The Morgan fingerprint density at radius 1 is 1.05 bits per heavy atom. The van der Waals surface area contributed by atoms with E-state index in [2.05, 4.69) is 54.0 Å². The molecule has 1 saturated carbocycles. The van der Waals surface area contributed by atoms with Gasteiger partial charge in [-0.15, -0.1) is 0 Å². The Morgan fingerprint density at radius 2 is 1.65 bits per heavy atom. The zero-order valence-electron chi connectivity index (χ0n) is 13.1. The van der Waals surface area contributed by atoms with Gasteiger partial charge in [-0.2, -0.15) is 0 Å². The van der Waals surface area contributed by atoms with E-state index in [1.807, 2.05) is 0 Å². The predicted molar refractivity (Wildman–Crippen MR) is 92.6 cm³/mol. The maximum absolute atomic E-state index is 3.89. The molecule has 2 atom stereocenters. The minimum atomic E-state index is 0.537. The molecule has 112 valence electrons. The minimum absolute atomic E-state index is 0.537. The Kier molecular flexibility index (Phi) is 6.61. The molecule has 0 N–H and O–H groups in total. The van der Waals surface area contributed by atoms with E-state index in [4.69, 9.17) is 0 Å². The van der Waals surface area contributed by atoms with E-state index in [0.29, 0.717) is 10.7 Å². The smallest absolute Gasteiger partial charge is 0.0395 e. The molecule has 2 unspecified atom stereocenters. The molecule has 0 spiro atoms. The molecule has 0 heterocycles. The lowest BCUT2D eigenvalue weighted by Gasteiger charge is -2.22. The Morgan fingerprint density at radius 3 is 2.25 bits per heavy atom. The molecule has 0 saturated heterocycles. The molecular weight excluding hydrogens is 308 g/mol. The van der Waals surface area contributed by atoms with Crippen LogP contribution in [0, 0.1) is 5.92 Å². The van der Waals surface area contributed by atoms with Crippen LogP contribution in [-0.2, 0) is 0 Å². The van der Waals surface area contributed by atoms with E-state index in [1.165, 1.54) is 62.5 Å². The Labute approximate surface area is 133 Å². The van der Waals surface area contributed by atoms with E-state index in [1.54, 1.807) is 0 Å². The Hall–Kier alpha value is -0.300. The molecule has 0 nitrogen and oxygen atoms in total. The molecule has 1 aliphatic carbocycles. The average Bonchev–Trinajstić information content (AvgIpc) is 2.53. The van der Waals surface area contributed by atoms with Gasteiger partial charge < -0.3 is 0 Å². The third-order valence-electron chi connectivity index (χ3n) is 5.03. The molecule has 20 heavy (non-hydrogen) atoms. The highest BCUT2D eigenvalue weighted by molar-refractivity contribution is 9.09. The van der Waals surface area contributed by atoms with Gasteiger partial charge in [-0.05, 0) is 42.2 Å². The maximum atomic E-state index is 3.89. The van der Waals surface area contributed by atoms with Gasteiger partial charge >= 0.3 is 0 Å². The van der Waals surface area contributed by atoms with Gasteiger partial charge in [0.25, 0.3) is 0 Å². The first kappa shape index (κ1) is 16.1. The van der Waals surface area contributed by atoms with Crippen molar-refractivity contribution >= 4 is 15.9 Å². The minimum Gasteiger partial charge on any atom is -0.0839 e. The first-order chi connectivity index (χ1) is 9.70. The first-order valence-corrected chi connectivity index (χ1v) is 9.36. The van der Waals surface area contributed by atoms with E-state index in [-0.39, 0.29) is 0 Å². The van der Waals surface area contributed by atoms with E-state index in [0.717, 1.165) is 5.92 Å². The summed E-state index contributed by atoms with van der Waals surface area (Å²) in [5, 5.41) is 0. The van der Waals surface area contributed by atoms with Gasteiger partial charge in [0.05, 0.1) is 0 Å². The van der Waals surface area contributed by atoms with Gasteiger partial charge in [-0.3, -0.25) is 0 Å². The van der Waals surface area contributed by atoms with Gasteiger partial charge in [-0.1, -0.05) is 86.1 Å². The van der Waals surface area contributed by atoms with Crippen molar-refractivity contribution in [1.82, 2.24) is 0 Å². The van der Waals surface area contributed by atoms with Gasteiger partial charge in [-0.25, -0.2) is 0 Å². The van der Waals surface area contributed by atoms with Crippen LogP contribution in [0.5, 0.6) is 0 Å². The number of rotatable bonds is 6. The summed E-state index contributed by atoms with van der Waals surface area (Å²) >= 11 is 3.89. The van der Waals surface area contributed by atoms with Crippen LogP contribution in [0.1, 0.15) is 87.1 Å². The second-order valence-electron chi connectivity index (χ2n) is 6.52. The normalized spacial score (nSPS) is 19.8. The van der Waals surface area contributed by atoms with Crippen molar-refractivity contribution in [2.75, 3.05) is 0 Å². The summed E-state index contributed by atoms with van der Waals surface area (Å²) in [6.45, 7) is 4.57. The van der Waals surface area contributed by atoms with Gasteiger partial charge in [0.1, 0.15) is 0 Å². The molecule has 1 heteroatoms. The fraction of sp³-hybridized carbons (Fsp3) is 0.684. The van der Waals surface area contributed by atoms with Gasteiger partial charge in [0.15, 0.2) is 0 Å². The molecule has 0 aromatic heterocycles. The molecule has 0 amide bonds. The highest BCUT2D eigenvalue weighted by atomic mass is 79.9. The second kappa shape index (κ2) is 8.22. The van der Waals surface area contributed by atoms with Crippen molar-refractivity contribution in [2.24, 2.45) is 5.92 Å². The topological polar surface area (TPSA) is 0 Å². The van der Waals surface area contributed by atoms with Crippen LogP contribution in [0.15, 0.2) is 24.3 Å². The van der Waals surface area contributed by atoms with Crippen LogP contribution in [-0.4, -0.2) is 0 Å². The van der Waals surface area contributed by atoms with E-state index >= 15 is 0 Å². The highest BCUT2D eigenvalue weighted by Gasteiger charge is 2.16. The van der Waals surface area contributed by atoms with Crippen molar-refractivity contribution in [3.05, 3.63) is 35.4 Å². The van der Waals surface area contributed by atoms with Gasteiger partial charge in [0.2, 0.25) is 0 Å². The molecular formula is C19H29Br. The predicted octanol–water partition coefficient (Wildman–Crippen LogP) is 7.00. The molecule has 2 rings (SSSR count). The summed E-state index contributed by atoms with van der Waals surface area (Å²) in [4.78, 5) is 0.537. The van der Waals surface area contributed by atoms with Crippen molar-refractivity contribution in [1.29, 1.82) is 0 Å². The fourth-order valence-corrected chi connectivity index (χ4v) is 3.86. The number of alkyl halides is 1. The SMILES string of the molecule is CCC(C)c1ccc(C(Br)CCC2CCCCC2)cc1. The van der Waals surface area contributed by atoms with Crippen molar-refractivity contribution in [2.45, 2.75) is 76.0 Å². The maximum Gasteiger partial charge on any atom is 0.0395 e. The van der Waals surface area contributed by atoms with Gasteiger partial charge in [0, 0.05) is 4.83 Å². The van der Waals surface area contributed by atoms with Crippen molar-refractivity contribution in [3.8, 4) is 0 Å². The second-order valence-corrected chi connectivity index (χ2v) is 7.63. The lowest BCUT2D eigenvalue weighted by Crippen LogP contribution is -2.07. The third-order valence-corrected chi connectivity index (χ3v) is 6.02. The molecule has 1 aliphatic rings. The lowest BCUT2D eigenvalue weighted by molar-refractivity contribution is 0.332. The van der Waals surface area contributed by atoms with Crippen LogP contribution in [0.3, 0.4) is 0 Å². The zero-order valence-corrected chi connectivity index (χ0v) is 14.7. The number of hydrogen-bond acceptors (Lipinski definition) is 0. The Bertz CT molecular complexity index is 375. The van der Waals surface area contributed by atoms with Crippen LogP contribution in [0.2, 0.25) is 0 Å². The average molecular weight is 337 g/mol. The van der Waals surface area contributed by atoms with Crippen LogP contribution in [0.25, 0.3) is 0 Å². The molecule has 1 fully saturated rings. The highest BCUT2D eigenvalue weighted by Crippen LogP contribution is 2.34. The summed E-state index contributed by atoms with van der Waals surface area (Å²) < 4.78 is 0. The lowest BCUT2D eigenvalue weighted by atomic mass is 9.85. The summed E-state index contributed by atoms with van der Waals surface area (Å²) in [7, 11) is 0. The number of hydrogen-bond donors (Lipinski definition) is 0. The largest absolute Gasteiger partial charge is 0.0839 e. The molecule has 0 radical (unpaired) electrons. The molecule has 1 aromatic rings. The van der Waals surface area contributed by atoms with Crippen LogP contribution in [0.4, 0.5) is 0 Å². The standard InChI is InChI=1S/C19H29Br/c1-3-15(2)17-10-12-18(13-11-17)19(20)14-9-16-7-5-4-6-8-16/h10-13,15-16,19H,3-9,14H2,1-2H3.